The monoisotopic (exact) mass is 367 g/mol. The molecule has 0 aromatic heterocycles. The Bertz CT molecular complexity index is 654. The van der Waals surface area contributed by atoms with Crippen LogP contribution in [-0.2, 0) is 9.59 Å². The van der Waals surface area contributed by atoms with Crippen LogP contribution in [0.25, 0.3) is 0 Å². The van der Waals surface area contributed by atoms with Crippen molar-refractivity contribution in [2.75, 3.05) is 6.54 Å². The molecule has 1 saturated heterocycles. The van der Waals surface area contributed by atoms with Crippen molar-refractivity contribution in [3.05, 3.63) is 36.5 Å². The Morgan fingerprint density at radius 1 is 1.27 bits per heavy atom. The van der Waals surface area contributed by atoms with E-state index in [-0.39, 0.29) is 24.5 Å². The Morgan fingerprint density at radius 2 is 1.92 bits per heavy atom. The zero-order valence-corrected chi connectivity index (χ0v) is 14.4. The fraction of sp³-hybridized carbons (Fsp3) is 0.500. The van der Waals surface area contributed by atoms with Crippen LogP contribution in [0.4, 0.5) is 13.6 Å². The summed E-state index contributed by atoms with van der Waals surface area (Å²) in [6.45, 7) is 6.47. The van der Waals surface area contributed by atoms with Crippen molar-refractivity contribution in [3.8, 4) is 0 Å². The zero-order valence-electron chi connectivity index (χ0n) is 14.4. The summed E-state index contributed by atoms with van der Waals surface area (Å²) in [5.41, 5.74) is -0.317. The van der Waals surface area contributed by atoms with Crippen molar-refractivity contribution in [1.29, 1.82) is 0 Å². The van der Waals surface area contributed by atoms with Crippen LogP contribution >= 0.6 is 0 Å². The van der Waals surface area contributed by atoms with Crippen LogP contribution in [0.3, 0.4) is 0 Å². The molecule has 6 nitrogen and oxygen atoms in total. The molecular weight excluding hydrogens is 344 g/mol. The molecule has 1 saturated carbocycles. The first kappa shape index (κ1) is 19.8. The van der Waals surface area contributed by atoms with E-state index in [9.17, 15) is 23.2 Å². The fourth-order valence-corrected chi connectivity index (χ4v) is 3.46. The number of carbonyl (C=O) groups excluding carboxylic acids is 3. The molecule has 0 bridgehead atoms. The second-order valence-electron chi connectivity index (χ2n) is 6.56. The summed E-state index contributed by atoms with van der Waals surface area (Å²) in [4.78, 5) is 35.6. The van der Waals surface area contributed by atoms with E-state index in [0.29, 0.717) is 12.8 Å². The summed E-state index contributed by atoms with van der Waals surface area (Å²) in [5, 5.41) is 7.16. The highest BCUT2D eigenvalue weighted by Crippen LogP contribution is 2.35. The Hall–Kier alpha value is -2.51. The van der Waals surface area contributed by atoms with E-state index in [1.165, 1.54) is 0 Å². The van der Waals surface area contributed by atoms with Crippen molar-refractivity contribution in [2.24, 2.45) is 11.8 Å². The third-order valence-corrected chi connectivity index (χ3v) is 4.77. The number of halogens is 2. The van der Waals surface area contributed by atoms with Gasteiger partial charge in [-0.15, -0.1) is 0 Å². The molecule has 1 unspecified atom stereocenters. The van der Waals surface area contributed by atoms with E-state index < -0.39 is 41.5 Å². The number of imide groups is 1. The molecule has 0 aromatic rings. The average Bonchev–Trinajstić information content (AvgIpc) is 3.05. The van der Waals surface area contributed by atoms with Gasteiger partial charge in [0.15, 0.2) is 0 Å². The van der Waals surface area contributed by atoms with Crippen molar-refractivity contribution in [2.45, 2.75) is 38.1 Å². The topological polar surface area (TPSA) is 87.3 Å². The van der Waals surface area contributed by atoms with Crippen LogP contribution in [0.2, 0.25) is 0 Å². The maximum absolute atomic E-state index is 14.2. The second kappa shape index (κ2) is 8.73. The number of hydrogen-bond acceptors (Lipinski definition) is 3. The summed E-state index contributed by atoms with van der Waals surface area (Å²) in [6, 6.07) is -1.57. The first-order valence-electron chi connectivity index (χ1n) is 8.58. The summed E-state index contributed by atoms with van der Waals surface area (Å²) >= 11 is 0. The quantitative estimate of drug-likeness (QED) is 0.630. The lowest BCUT2D eigenvalue weighted by Crippen LogP contribution is -2.46. The molecule has 3 N–H and O–H groups in total. The van der Waals surface area contributed by atoms with Gasteiger partial charge >= 0.3 is 6.03 Å². The highest BCUT2D eigenvalue weighted by molar-refractivity contribution is 5.98. The van der Waals surface area contributed by atoms with E-state index in [2.05, 4.69) is 29.1 Å². The van der Waals surface area contributed by atoms with E-state index >= 15 is 0 Å². The second-order valence-corrected chi connectivity index (χ2v) is 6.56. The molecule has 2 rings (SSSR count). The first-order valence-corrected chi connectivity index (χ1v) is 8.58. The highest BCUT2D eigenvalue weighted by Gasteiger charge is 2.35. The number of allylic oxidation sites excluding steroid dienone is 2. The molecule has 1 aliphatic heterocycles. The molecule has 0 aromatic carbocycles. The van der Waals surface area contributed by atoms with Gasteiger partial charge in [0.1, 0.15) is 11.7 Å². The molecule has 1 aliphatic carbocycles. The predicted octanol–water partition coefficient (Wildman–Crippen LogP) is 2.40. The lowest BCUT2D eigenvalue weighted by atomic mass is 9.89. The van der Waals surface area contributed by atoms with Crippen LogP contribution < -0.4 is 16.0 Å². The molecule has 0 radical (unpaired) electrons. The first-order chi connectivity index (χ1) is 12.3. The number of urea groups is 1. The summed E-state index contributed by atoms with van der Waals surface area (Å²) in [7, 11) is 0. The van der Waals surface area contributed by atoms with Crippen LogP contribution in [0.15, 0.2) is 36.5 Å². The van der Waals surface area contributed by atoms with Gasteiger partial charge in [-0.3, -0.25) is 14.9 Å². The van der Waals surface area contributed by atoms with Crippen LogP contribution in [0.1, 0.15) is 32.1 Å². The van der Waals surface area contributed by atoms with Crippen LogP contribution in [-0.4, -0.2) is 30.4 Å². The van der Waals surface area contributed by atoms with Gasteiger partial charge in [-0.2, -0.15) is 0 Å². The Labute approximate surface area is 150 Å². The van der Waals surface area contributed by atoms with Crippen LogP contribution in [0.5, 0.6) is 0 Å². The van der Waals surface area contributed by atoms with Crippen molar-refractivity contribution >= 4 is 17.8 Å². The average molecular weight is 367 g/mol. The molecular formula is C18H23F2N3O3. The van der Waals surface area contributed by atoms with Crippen molar-refractivity contribution in [1.82, 2.24) is 16.0 Å². The minimum absolute atomic E-state index is 0.0413. The summed E-state index contributed by atoms with van der Waals surface area (Å²) in [5.74, 6) is -3.93. The molecule has 0 spiro atoms. The lowest BCUT2D eigenvalue weighted by Gasteiger charge is -2.28. The Balaban J connectivity index is 2.24. The standard InChI is InChI=1S/C18H23F2N3O3/c1-3-13(20)15(10(2)19)16(11-6-4-5-7-11)23-17(25)12-8-14(24)22-18(26)21-9-12/h3,11-12,16H,1-2,4-9H2,(H,23,25)(H2,21,22,24,26)/b15-13-/t12-,16?/m1/s1. The maximum Gasteiger partial charge on any atom is 0.321 e. The van der Waals surface area contributed by atoms with Gasteiger partial charge in [-0.05, 0) is 24.8 Å². The number of hydrogen-bond donors (Lipinski definition) is 3. The lowest BCUT2D eigenvalue weighted by molar-refractivity contribution is -0.129. The molecule has 8 heteroatoms. The molecule has 2 aliphatic rings. The SMILES string of the molecule is C=C/C(F)=C(\C(=C)F)C(NC(=O)[C@H]1CNC(=O)NC(=O)C1)C1CCCC1. The smallest absolute Gasteiger partial charge is 0.321 e. The molecule has 1 heterocycles. The minimum atomic E-state index is -0.966. The number of rotatable bonds is 6. The van der Waals surface area contributed by atoms with E-state index in [1.54, 1.807) is 0 Å². The van der Waals surface area contributed by atoms with E-state index in [1.807, 2.05) is 0 Å². The Morgan fingerprint density at radius 3 is 2.50 bits per heavy atom. The van der Waals surface area contributed by atoms with Gasteiger partial charge in [0.2, 0.25) is 11.8 Å². The maximum atomic E-state index is 14.2. The van der Waals surface area contributed by atoms with Gasteiger partial charge in [0.25, 0.3) is 0 Å². The van der Waals surface area contributed by atoms with Gasteiger partial charge in [-0.1, -0.05) is 26.0 Å². The highest BCUT2D eigenvalue weighted by atomic mass is 19.1. The molecule has 4 amide bonds. The zero-order chi connectivity index (χ0) is 19.3. The summed E-state index contributed by atoms with van der Waals surface area (Å²) < 4.78 is 28.2. The molecule has 142 valence electrons. The summed E-state index contributed by atoms with van der Waals surface area (Å²) in [6.07, 6.45) is 3.93. The fourth-order valence-electron chi connectivity index (χ4n) is 3.46. The third kappa shape index (κ3) is 4.77. The van der Waals surface area contributed by atoms with Crippen molar-refractivity contribution < 1.29 is 23.2 Å². The molecule has 26 heavy (non-hydrogen) atoms. The van der Waals surface area contributed by atoms with Gasteiger partial charge < -0.3 is 10.6 Å². The van der Waals surface area contributed by atoms with E-state index in [4.69, 9.17) is 0 Å². The molecule has 2 atom stereocenters. The van der Waals surface area contributed by atoms with Gasteiger partial charge in [0, 0.05) is 18.5 Å². The Kier molecular flexibility index (Phi) is 6.65. The number of nitrogens with one attached hydrogen (secondary N) is 3. The largest absolute Gasteiger partial charge is 0.348 e. The van der Waals surface area contributed by atoms with Gasteiger partial charge in [0.05, 0.1) is 12.0 Å². The minimum Gasteiger partial charge on any atom is -0.348 e. The number of amides is 4. The van der Waals surface area contributed by atoms with Crippen LogP contribution in [0, 0.1) is 11.8 Å². The normalized spacial score (nSPS) is 23.2. The predicted molar refractivity (Wildman–Crippen MR) is 92.1 cm³/mol. The molecule has 2 fully saturated rings. The number of carbonyl (C=O) groups is 3. The van der Waals surface area contributed by atoms with E-state index in [0.717, 1.165) is 18.9 Å². The van der Waals surface area contributed by atoms with Crippen molar-refractivity contribution in [3.63, 3.8) is 0 Å². The third-order valence-electron chi connectivity index (χ3n) is 4.77. The van der Waals surface area contributed by atoms with Gasteiger partial charge in [-0.25, -0.2) is 13.6 Å².